The van der Waals surface area contributed by atoms with Gasteiger partial charge in [0.05, 0.1) is 6.26 Å². The van der Waals surface area contributed by atoms with Gasteiger partial charge in [0.1, 0.15) is 0 Å². The first-order chi connectivity index (χ1) is 9.24. The molecule has 0 atom stereocenters. The van der Waals surface area contributed by atoms with Gasteiger partial charge in [0.25, 0.3) is 0 Å². The second kappa shape index (κ2) is 9.36. The molecule has 0 bridgehead atoms. The van der Waals surface area contributed by atoms with E-state index in [1.54, 1.807) is 12.1 Å². The third kappa shape index (κ3) is 6.79. The number of carbonyl (C=O) groups excluding carboxylic acids is 1. The maximum absolute atomic E-state index is 11.5. The van der Waals surface area contributed by atoms with Crippen LogP contribution in [0.25, 0.3) is 0 Å². The third-order valence-electron chi connectivity index (χ3n) is 2.99. The van der Waals surface area contributed by atoms with Crippen LogP contribution in [0.15, 0.2) is 27.9 Å². The largest absolute Gasteiger partial charge is 0.459 e. The van der Waals surface area contributed by atoms with Crippen LogP contribution in [0.3, 0.4) is 0 Å². The molecule has 106 valence electrons. The van der Waals surface area contributed by atoms with Crippen LogP contribution in [0.2, 0.25) is 0 Å². The van der Waals surface area contributed by atoms with E-state index in [1.807, 2.05) is 6.92 Å². The number of hydrogen-bond donors (Lipinski definition) is 1. The summed E-state index contributed by atoms with van der Waals surface area (Å²) in [6.07, 6.45) is 9.99. The molecule has 4 heteroatoms. The number of nitrogens with one attached hydrogen (secondary N) is 1. The van der Waals surface area contributed by atoms with Gasteiger partial charge in [-0.2, -0.15) is 5.10 Å². The summed E-state index contributed by atoms with van der Waals surface area (Å²) in [4.78, 5) is 11.5. The van der Waals surface area contributed by atoms with E-state index in [0.717, 1.165) is 18.6 Å². The molecule has 1 amide bonds. The van der Waals surface area contributed by atoms with Gasteiger partial charge in [0.2, 0.25) is 0 Å². The first-order valence-electron chi connectivity index (χ1n) is 7.11. The van der Waals surface area contributed by atoms with Gasteiger partial charge in [-0.05, 0) is 31.9 Å². The van der Waals surface area contributed by atoms with Gasteiger partial charge in [-0.15, -0.1) is 0 Å². The number of nitrogens with zero attached hydrogens (tertiary/aromatic N) is 1. The lowest BCUT2D eigenvalue weighted by Gasteiger charge is -2.02. The van der Waals surface area contributed by atoms with Crippen molar-refractivity contribution in [2.24, 2.45) is 5.10 Å². The van der Waals surface area contributed by atoms with Crippen molar-refractivity contribution in [1.29, 1.82) is 0 Å². The molecule has 0 saturated heterocycles. The lowest BCUT2D eigenvalue weighted by Crippen LogP contribution is -2.18. The number of carbonyl (C=O) groups is 1. The molecule has 0 aromatic carbocycles. The van der Waals surface area contributed by atoms with Gasteiger partial charge in [0, 0.05) is 5.71 Å². The van der Waals surface area contributed by atoms with Crippen LogP contribution in [0.4, 0.5) is 0 Å². The van der Waals surface area contributed by atoms with E-state index < -0.39 is 0 Å². The summed E-state index contributed by atoms with van der Waals surface area (Å²) in [6.45, 7) is 4.16. The van der Waals surface area contributed by atoms with Crippen LogP contribution in [-0.4, -0.2) is 11.6 Å². The molecule has 1 heterocycles. The zero-order valence-corrected chi connectivity index (χ0v) is 11.9. The van der Waals surface area contributed by atoms with E-state index in [1.165, 1.54) is 38.4 Å². The minimum atomic E-state index is -0.299. The monoisotopic (exact) mass is 264 g/mol. The number of unbranched alkanes of at least 4 members (excludes halogenated alkanes) is 5. The highest BCUT2D eigenvalue weighted by Crippen LogP contribution is 2.07. The topological polar surface area (TPSA) is 54.6 Å². The highest BCUT2D eigenvalue weighted by atomic mass is 16.3. The number of hydrazone groups is 1. The summed E-state index contributed by atoms with van der Waals surface area (Å²) >= 11 is 0. The first kappa shape index (κ1) is 15.5. The summed E-state index contributed by atoms with van der Waals surface area (Å²) < 4.78 is 4.98. The van der Waals surface area contributed by atoms with E-state index in [-0.39, 0.29) is 11.7 Å². The SMILES string of the molecule is CCCCCCCC/C(C)=N/NC(=O)c1ccco1. The molecule has 0 spiro atoms. The van der Waals surface area contributed by atoms with Crippen LogP contribution < -0.4 is 5.43 Å². The maximum atomic E-state index is 11.5. The van der Waals surface area contributed by atoms with Gasteiger partial charge >= 0.3 is 5.91 Å². The first-order valence-corrected chi connectivity index (χ1v) is 7.11. The summed E-state index contributed by atoms with van der Waals surface area (Å²) in [5, 5.41) is 4.07. The quantitative estimate of drug-likeness (QED) is 0.414. The normalized spacial score (nSPS) is 11.6. The van der Waals surface area contributed by atoms with Crippen molar-refractivity contribution in [3.8, 4) is 0 Å². The fraction of sp³-hybridized carbons (Fsp3) is 0.600. The van der Waals surface area contributed by atoms with Crippen LogP contribution in [-0.2, 0) is 0 Å². The van der Waals surface area contributed by atoms with Crippen molar-refractivity contribution in [1.82, 2.24) is 5.43 Å². The Balaban J connectivity index is 2.13. The Morgan fingerprint density at radius 3 is 2.68 bits per heavy atom. The fourth-order valence-corrected chi connectivity index (χ4v) is 1.83. The van der Waals surface area contributed by atoms with Crippen molar-refractivity contribution < 1.29 is 9.21 Å². The molecule has 1 aromatic rings. The van der Waals surface area contributed by atoms with Crippen molar-refractivity contribution >= 4 is 11.6 Å². The minimum absolute atomic E-state index is 0.288. The molecule has 0 aliphatic rings. The van der Waals surface area contributed by atoms with Crippen molar-refractivity contribution in [2.45, 2.75) is 58.8 Å². The number of furan rings is 1. The minimum Gasteiger partial charge on any atom is -0.459 e. The van der Waals surface area contributed by atoms with Gasteiger partial charge < -0.3 is 4.42 Å². The Bertz CT molecular complexity index is 383. The molecule has 0 saturated carbocycles. The summed E-state index contributed by atoms with van der Waals surface area (Å²) in [6, 6.07) is 3.30. The van der Waals surface area contributed by atoms with Gasteiger partial charge in [-0.1, -0.05) is 39.0 Å². The van der Waals surface area contributed by atoms with Crippen LogP contribution in [0.5, 0.6) is 0 Å². The Kier molecular flexibility index (Phi) is 7.63. The van der Waals surface area contributed by atoms with Crippen molar-refractivity contribution in [3.05, 3.63) is 24.2 Å². The van der Waals surface area contributed by atoms with E-state index in [0.29, 0.717) is 0 Å². The Labute approximate surface area is 115 Å². The average Bonchev–Trinajstić information content (AvgIpc) is 2.94. The van der Waals surface area contributed by atoms with E-state index in [2.05, 4.69) is 17.5 Å². The number of amides is 1. The zero-order chi connectivity index (χ0) is 13.9. The number of hydrogen-bond acceptors (Lipinski definition) is 3. The Hall–Kier alpha value is -1.58. The van der Waals surface area contributed by atoms with Crippen LogP contribution in [0, 0.1) is 0 Å². The van der Waals surface area contributed by atoms with Crippen LogP contribution >= 0.6 is 0 Å². The molecule has 0 aliphatic carbocycles. The molecule has 4 nitrogen and oxygen atoms in total. The van der Waals surface area contributed by atoms with Gasteiger partial charge in [-0.3, -0.25) is 4.79 Å². The maximum Gasteiger partial charge on any atom is 0.307 e. The Morgan fingerprint density at radius 1 is 1.26 bits per heavy atom. The predicted molar refractivity (Wildman–Crippen MR) is 77.3 cm³/mol. The smallest absolute Gasteiger partial charge is 0.307 e. The highest BCUT2D eigenvalue weighted by Gasteiger charge is 2.06. The zero-order valence-electron chi connectivity index (χ0n) is 11.9. The molecule has 0 aliphatic heterocycles. The molecule has 1 rings (SSSR count). The Morgan fingerprint density at radius 2 is 2.00 bits per heavy atom. The molecule has 0 fully saturated rings. The van der Waals surface area contributed by atoms with Gasteiger partial charge in [0.15, 0.2) is 5.76 Å². The van der Waals surface area contributed by atoms with Gasteiger partial charge in [-0.25, -0.2) is 5.43 Å². The number of rotatable bonds is 9. The molecule has 19 heavy (non-hydrogen) atoms. The van der Waals surface area contributed by atoms with Crippen molar-refractivity contribution in [3.63, 3.8) is 0 Å². The lowest BCUT2D eigenvalue weighted by atomic mass is 10.1. The third-order valence-corrected chi connectivity index (χ3v) is 2.99. The van der Waals surface area contributed by atoms with E-state index in [4.69, 9.17) is 4.42 Å². The average molecular weight is 264 g/mol. The predicted octanol–water partition coefficient (Wildman–Crippen LogP) is 4.14. The molecule has 1 aromatic heterocycles. The summed E-state index contributed by atoms with van der Waals surface area (Å²) in [5.41, 5.74) is 3.46. The highest BCUT2D eigenvalue weighted by molar-refractivity contribution is 5.92. The molecular formula is C15H24N2O2. The lowest BCUT2D eigenvalue weighted by molar-refractivity contribution is 0.0927. The molecule has 0 radical (unpaired) electrons. The second-order valence-electron chi connectivity index (χ2n) is 4.78. The van der Waals surface area contributed by atoms with Crippen LogP contribution in [0.1, 0.15) is 69.3 Å². The van der Waals surface area contributed by atoms with Crippen molar-refractivity contribution in [2.75, 3.05) is 0 Å². The molecular weight excluding hydrogens is 240 g/mol. The second-order valence-corrected chi connectivity index (χ2v) is 4.78. The van der Waals surface area contributed by atoms with E-state index in [9.17, 15) is 4.79 Å². The molecule has 1 N–H and O–H groups in total. The molecule has 0 unspecified atom stereocenters. The van der Waals surface area contributed by atoms with E-state index >= 15 is 0 Å². The summed E-state index contributed by atoms with van der Waals surface area (Å²) in [5.74, 6) is -0.0107. The summed E-state index contributed by atoms with van der Waals surface area (Å²) in [7, 11) is 0. The fourth-order valence-electron chi connectivity index (χ4n) is 1.83. The standard InChI is InChI=1S/C15H24N2O2/c1-3-4-5-6-7-8-10-13(2)16-17-15(18)14-11-9-12-19-14/h9,11-12H,3-8,10H2,1-2H3,(H,17,18)/b16-13+.